The van der Waals surface area contributed by atoms with Gasteiger partial charge in [-0.25, -0.2) is 4.98 Å². The highest BCUT2D eigenvalue weighted by Crippen LogP contribution is 2.18. The minimum atomic E-state index is 0.436. The summed E-state index contributed by atoms with van der Waals surface area (Å²) < 4.78 is 11.7. The Morgan fingerprint density at radius 3 is 2.17 bits per heavy atom. The van der Waals surface area contributed by atoms with Crippen LogP contribution in [0.3, 0.4) is 0 Å². The molecule has 0 aliphatic carbocycles. The van der Waals surface area contributed by atoms with Crippen LogP contribution in [0.5, 0.6) is 11.5 Å². The quantitative estimate of drug-likeness (QED) is 0.217. The highest BCUT2D eigenvalue weighted by molar-refractivity contribution is 5.78. The molecule has 0 unspecified atom stereocenters. The molecule has 3 aromatic carbocycles. The van der Waals surface area contributed by atoms with E-state index in [1.54, 1.807) is 0 Å². The van der Waals surface area contributed by atoms with Gasteiger partial charge in [0.05, 0.1) is 17.8 Å². The van der Waals surface area contributed by atoms with E-state index in [-0.39, 0.29) is 0 Å². The van der Waals surface area contributed by atoms with Crippen LogP contribution in [0.4, 0.5) is 0 Å². The molecule has 7 heteroatoms. The van der Waals surface area contributed by atoms with Gasteiger partial charge < -0.3 is 9.47 Å². The summed E-state index contributed by atoms with van der Waals surface area (Å²) in [6.07, 6.45) is 5.73. The summed E-state index contributed by atoms with van der Waals surface area (Å²) in [6.45, 7) is 1.04. The molecule has 5 aromatic rings. The van der Waals surface area contributed by atoms with Crippen molar-refractivity contribution in [3.63, 3.8) is 0 Å². The number of aromatic amines is 1. The number of H-pyrrole nitrogens is 1. The van der Waals surface area contributed by atoms with E-state index >= 15 is 0 Å². The molecule has 7 nitrogen and oxygen atoms in total. The Labute approximate surface area is 203 Å². The first-order chi connectivity index (χ1) is 17.3. The van der Waals surface area contributed by atoms with E-state index < -0.39 is 0 Å². The summed E-state index contributed by atoms with van der Waals surface area (Å²) in [5, 5.41) is 15.0. The van der Waals surface area contributed by atoms with E-state index in [4.69, 9.17) is 9.47 Å². The van der Waals surface area contributed by atoms with Gasteiger partial charge in [0, 0.05) is 11.8 Å². The highest BCUT2D eigenvalue weighted by atomic mass is 16.5. The number of tetrazole rings is 1. The molecule has 0 aliphatic rings. The van der Waals surface area contributed by atoms with Crippen molar-refractivity contribution in [3.8, 4) is 11.5 Å². The van der Waals surface area contributed by atoms with Crippen molar-refractivity contribution in [2.75, 3.05) is 6.61 Å². The van der Waals surface area contributed by atoms with Crippen LogP contribution in [-0.2, 0) is 13.0 Å². The van der Waals surface area contributed by atoms with Crippen LogP contribution in [0, 0.1) is 0 Å². The van der Waals surface area contributed by atoms with E-state index in [0.29, 0.717) is 19.0 Å². The Morgan fingerprint density at radius 1 is 0.743 bits per heavy atom. The number of rotatable bonds is 10. The normalized spacial score (nSPS) is 11.2. The van der Waals surface area contributed by atoms with E-state index in [2.05, 4.69) is 49.9 Å². The summed E-state index contributed by atoms with van der Waals surface area (Å²) in [5.41, 5.74) is 4.09. The van der Waals surface area contributed by atoms with Crippen LogP contribution < -0.4 is 9.47 Å². The average Bonchev–Trinajstić information content (AvgIpc) is 3.44. The number of aromatic nitrogens is 5. The van der Waals surface area contributed by atoms with Gasteiger partial charge in [0.25, 0.3) is 0 Å². The number of ether oxygens (including phenoxy) is 2. The summed E-state index contributed by atoms with van der Waals surface area (Å²) >= 11 is 0. The molecule has 35 heavy (non-hydrogen) atoms. The number of aryl methyl sites for hydroxylation is 1. The minimum Gasteiger partial charge on any atom is -0.494 e. The third-order valence-electron chi connectivity index (χ3n) is 5.47. The molecule has 0 aliphatic heterocycles. The fraction of sp³-hybridized carbons (Fsp3) is 0.143. The first kappa shape index (κ1) is 22.3. The first-order valence-electron chi connectivity index (χ1n) is 11.5. The third-order valence-corrected chi connectivity index (χ3v) is 5.47. The maximum Gasteiger partial charge on any atom is 0.174 e. The lowest BCUT2D eigenvalue weighted by atomic mass is 10.1. The molecular formula is C28H25N5O2. The Morgan fingerprint density at radius 2 is 1.46 bits per heavy atom. The number of benzene rings is 3. The number of hydrogen-bond acceptors (Lipinski definition) is 6. The number of fused-ring (bicyclic) bond motifs is 1. The van der Waals surface area contributed by atoms with Crippen molar-refractivity contribution in [1.82, 2.24) is 25.6 Å². The molecule has 0 spiro atoms. The lowest BCUT2D eigenvalue weighted by Crippen LogP contribution is -2.00. The molecule has 5 rings (SSSR count). The molecule has 1 N–H and O–H groups in total. The van der Waals surface area contributed by atoms with Gasteiger partial charge in [0.2, 0.25) is 0 Å². The summed E-state index contributed by atoms with van der Waals surface area (Å²) in [4.78, 5) is 4.65. The predicted molar refractivity (Wildman–Crippen MR) is 136 cm³/mol. The molecule has 0 bridgehead atoms. The second-order valence-corrected chi connectivity index (χ2v) is 8.04. The van der Waals surface area contributed by atoms with Crippen molar-refractivity contribution >= 4 is 23.1 Å². The van der Waals surface area contributed by atoms with Crippen LogP contribution in [0.25, 0.3) is 23.1 Å². The van der Waals surface area contributed by atoms with Crippen molar-refractivity contribution in [2.45, 2.75) is 19.4 Å². The standard InChI is InChI=1S/C28H25N5O2/c1-2-5-27-23(4-1)13-14-24(29-27)20-35-26-17-11-22(12-18-26)8-7-21-9-15-25(16-10-21)34-19-3-6-28-30-32-33-31-28/h1-2,4-5,7-18H,3,6,19-20H2,(H,30,31,32,33)/b8-7+. The zero-order valence-corrected chi connectivity index (χ0v) is 19.2. The molecule has 0 saturated carbocycles. The van der Waals surface area contributed by atoms with Gasteiger partial charge in [-0.05, 0) is 53.9 Å². The van der Waals surface area contributed by atoms with Gasteiger partial charge in [-0.1, -0.05) is 65.9 Å². The van der Waals surface area contributed by atoms with E-state index in [1.807, 2.05) is 72.8 Å². The Hall–Kier alpha value is -4.52. The second-order valence-electron chi connectivity index (χ2n) is 8.04. The van der Waals surface area contributed by atoms with Gasteiger partial charge in [-0.15, -0.1) is 10.2 Å². The number of nitrogens with zero attached hydrogens (tertiary/aromatic N) is 4. The van der Waals surface area contributed by atoms with Crippen LogP contribution in [-0.4, -0.2) is 32.2 Å². The topological polar surface area (TPSA) is 85.8 Å². The fourth-order valence-electron chi connectivity index (χ4n) is 3.60. The zero-order valence-electron chi connectivity index (χ0n) is 19.2. The lowest BCUT2D eigenvalue weighted by molar-refractivity contribution is 0.302. The van der Waals surface area contributed by atoms with Crippen molar-refractivity contribution < 1.29 is 9.47 Å². The average molecular weight is 464 g/mol. The number of nitrogens with one attached hydrogen (secondary N) is 1. The van der Waals surface area contributed by atoms with Crippen LogP contribution >= 0.6 is 0 Å². The monoisotopic (exact) mass is 463 g/mol. The van der Waals surface area contributed by atoms with Crippen LogP contribution in [0.15, 0.2) is 84.9 Å². The number of pyridine rings is 1. The van der Waals surface area contributed by atoms with Crippen LogP contribution in [0.2, 0.25) is 0 Å². The van der Waals surface area contributed by atoms with Crippen molar-refractivity contribution in [3.05, 3.63) is 108 Å². The third kappa shape index (κ3) is 6.29. The van der Waals surface area contributed by atoms with Gasteiger partial charge >= 0.3 is 0 Å². The largest absolute Gasteiger partial charge is 0.494 e. The maximum atomic E-state index is 5.92. The van der Waals surface area contributed by atoms with Gasteiger partial charge in [-0.2, -0.15) is 5.21 Å². The molecule has 0 radical (unpaired) electrons. The van der Waals surface area contributed by atoms with E-state index in [1.165, 1.54) is 0 Å². The second kappa shape index (κ2) is 11.1. The molecular weight excluding hydrogens is 438 g/mol. The van der Waals surface area contributed by atoms with E-state index in [0.717, 1.165) is 52.1 Å². The molecule has 0 saturated heterocycles. The van der Waals surface area contributed by atoms with Crippen molar-refractivity contribution in [1.29, 1.82) is 0 Å². The van der Waals surface area contributed by atoms with E-state index in [9.17, 15) is 0 Å². The van der Waals surface area contributed by atoms with Crippen molar-refractivity contribution in [2.24, 2.45) is 0 Å². The highest BCUT2D eigenvalue weighted by Gasteiger charge is 2.01. The summed E-state index contributed by atoms with van der Waals surface area (Å²) in [7, 11) is 0. The predicted octanol–water partition coefficient (Wildman–Crippen LogP) is 5.51. The maximum absolute atomic E-state index is 5.92. The first-order valence-corrected chi connectivity index (χ1v) is 11.5. The number of hydrogen-bond donors (Lipinski definition) is 1. The Kier molecular flexibility index (Phi) is 7.05. The minimum absolute atomic E-state index is 0.436. The molecule has 0 fully saturated rings. The van der Waals surface area contributed by atoms with Gasteiger partial charge in [0.15, 0.2) is 5.82 Å². The van der Waals surface area contributed by atoms with Gasteiger partial charge in [0.1, 0.15) is 18.1 Å². The summed E-state index contributed by atoms with van der Waals surface area (Å²) in [6, 6.07) is 28.2. The smallest absolute Gasteiger partial charge is 0.174 e. The molecule has 2 aromatic heterocycles. The molecule has 174 valence electrons. The molecule has 0 amide bonds. The summed E-state index contributed by atoms with van der Waals surface area (Å²) in [5.74, 6) is 2.37. The van der Waals surface area contributed by atoms with Crippen LogP contribution in [0.1, 0.15) is 29.1 Å². The molecule has 0 atom stereocenters. The Balaban J connectivity index is 1.09. The Bertz CT molecular complexity index is 1380. The lowest BCUT2D eigenvalue weighted by Gasteiger charge is -2.07. The fourth-order valence-corrected chi connectivity index (χ4v) is 3.60. The SMILES string of the molecule is C(=C\c1ccc(OCc2ccc3ccccc3n2)cc1)/c1ccc(OCCCc2nn[nH]n2)cc1. The zero-order chi connectivity index (χ0) is 23.7. The van der Waals surface area contributed by atoms with Gasteiger partial charge in [-0.3, -0.25) is 0 Å². The number of para-hydroxylation sites is 1. The molecule has 2 heterocycles.